The molecule has 0 unspecified atom stereocenters. The summed E-state index contributed by atoms with van der Waals surface area (Å²) in [4.78, 5) is 0. The SMILES string of the molecule is COP(=O)(OC)C1=C[C@@H](C)[C@@H]2CCO[C@H]2O1. The molecule has 0 radical (unpaired) electrons. The lowest BCUT2D eigenvalue weighted by Crippen LogP contribution is -2.29. The molecule has 1 fully saturated rings. The molecule has 3 atom stereocenters. The summed E-state index contributed by atoms with van der Waals surface area (Å²) in [6.07, 6.45) is 2.48. The van der Waals surface area contributed by atoms with Gasteiger partial charge in [0.25, 0.3) is 0 Å². The largest absolute Gasteiger partial charge is 0.456 e. The molecule has 0 aromatic heterocycles. The van der Waals surface area contributed by atoms with Gasteiger partial charge in [0.1, 0.15) is 0 Å². The van der Waals surface area contributed by atoms with Crippen LogP contribution in [0.5, 0.6) is 0 Å². The van der Waals surface area contributed by atoms with Gasteiger partial charge in [-0.1, -0.05) is 6.92 Å². The Kier molecular flexibility index (Phi) is 3.40. The van der Waals surface area contributed by atoms with Crippen molar-refractivity contribution in [3.63, 3.8) is 0 Å². The normalized spacial score (nSPS) is 34.2. The van der Waals surface area contributed by atoms with Crippen LogP contribution in [0.4, 0.5) is 0 Å². The van der Waals surface area contributed by atoms with E-state index in [1.165, 1.54) is 14.2 Å². The fourth-order valence-corrected chi connectivity index (χ4v) is 3.29. The van der Waals surface area contributed by atoms with Crippen LogP contribution in [0.1, 0.15) is 13.3 Å². The zero-order valence-electron chi connectivity index (χ0n) is 9.71. The van der Waals surface area contributed by atoms with Crippen molar-refractivity contribution in [2.75, 3.05) is 20.8 Å². The van der Waals surface area contributed by atoms with Crippen molar-refractivity contribution in [2.45, 2.75) is 19.6 Å². The lowest BCUT2D eigenvalue weighted by molar-refractivity contribution is -0.112. The van der Waals surface area contributed by atoms with Crippen LogP contribution >= 0.6 is 7.60 Å². The van der Waals surface area contributed by atoms with Crippen LogP contribution < -0.4 is 0 Å². The van der Waals surface area contributed by atoms with E-state index in [4.69, 9.17) is 18.5 Å². The maximum atomic E-state index is 12.1. The third kappa shape index (κ3) is 1.93. The number of fused-ring (bicyclic) bond motifs is 1. The van der Waals surface area contributed by atoms with Gasteiger partial charge in [0.2, 0.25) is 11.8 Å². The van der Waals surface area contributed by atoms with Gasteiger partial charge >= 0.3 is 7.60 Å². The highest BCUT2D eigenvalue weighted by molar-refractivity contribution is 7.58. The Morgan fingerprint density at radius 3 is 2.75 bits per heavy atom. The highest BCUT2D eigenvalue weighted by Gasteiger charge is 2.43. The van der Waals surface area contributed by atoms with Gasteiger partial charge in [0, 0.05) is 20.1 Å². The molecule has 1 saturated heterocycles. The van der Waals surface area contributed by atoms with E-state index in [0.29, 0.717) is 12.5 Å². The molecule has 0 aliphatic carbocycles. The predicted octanol–water partition coefficient (Wildman–Crippen LogP) is 2.34. The van der Waals surface area contributed by atoms with Gasteiger partial charge in [-0.3, -0.25) is 4.57 Å². The Balaban J connectivity index is 2.24. The molecular formula is C10H17O5P. The highest BCUT2D eigenvalue weighted by Crippen LogP contribution is 2.58. The molecule has 16 heavy (non-hydrogen) atoms. The van der Waals surface area contributed by atoms with Crippen LogP contribution in [0.2, 0.25) is 0 Å². The summed E-state index contributed by atoms with van der Waals surface area (Å²) in [5, 5.41) is 0. The molecule has 0 amide bonds. The topological polar surface area (TPSA) is 54.0 Å². The molecule has 2 heterocycles. The van der Waals surface area contributed by atoms with E-state index >= 15 is 0 Å². The van der Waals surface area contributed by atoms with Crippen molar-refractivity contribution in [1.82, 2.24) is 0 Å². The van der Waals surface area contributed by atoms with Crippen molar-refractivity contribution in [3.8, 4) is 0 Å². The number of ether oxygens (including phenoxy) is 2. The first kappa shape index (κ1) is 12.1. The van der Waals surface area contributed by atoms with Gasteiger partial charge in [-0.15, -0.1) is 0 Å². The Labute approximate surface area is 95.2 Å². The first-order chi connectivity index (χ1) is 7.60. The summed E-state index contributed by atoms with van der Waals surface area (Å²) in [7, 11) is -0.588. The lowest BCUT2D eigenvalue weighted by Gasteiger charge is -2.31. The molecule has 0 bridgehead atoms. The van der Waals surface area contributed by atoms with Crippen LogP contribution in [-0.2, 0) is 23.1 Å². The van der Waals surface area contributed by atoms with Gasteiger partial charge in [0.05, 0.1) is 6.61 Å². The molecule has 6 heteroatoms. The zero-order chi connectivity index (χ0) is 11.8. The summed E-state index contributed by atoms with van der Waals surface area (Å²) in [6.45, 7) is 2.75. The lowest BCUT2D eigenvalue weighted by atomic mass is 9.91. The van der Waals surface area contributed by atoms with Crippen LogP contribution in [0.25, 0.3) is 0 Å². The zero-order valence-corrected chi connectivity index (χ0v) is 10.6. The fourth-order valence-electron chi connectivity index (χ4n) is 2.13. The first-order valence-electron chi connectivity index (χ1n) is 5.33. The second-order valence-electron chi connectivity index (χ2n) is 4.04. The van der Waals surface area contributed by atoms with E-state index in [1.807, 2.05) is 6.08 Å². The molecular weight excluding hydrogens is 231 g/mol. The van der Waals surface area contributed by atoms with Crippen molar-refractivity contribution in [2.24, 2.45) is 11.8 Å². The Bertz CT molecular complexity index is 332. The fraction of sp³-hybridized carbons (Fsp3) is 0.800. The number of rotatable bonds is 3. The van der Waals surface area contributed by atoms with Crippen LogP contribution in [-0.4, -0.2) is 27.1 Å². The van der Waals surface area contributed by atoms with Crippen molar-refractivity contribution >= 4 is 7.60 Å². The average Bonchev–Trinajstić information content (AvgIpc) is 2.76. The smallest absolute Gasteiger partial charge is 0.394 e. The van der Waals surface area contributed by atoms with Crippen molar-refractivity contribution in [3.05, 3.63) is 11.6 Å². The number of hydrogen-bond donors (Lipinski definition) is 0. The van der Waals surface area contributed by atoms with Crippen molar-refractivity contribution in [1.29, 1.82) is 0 Å². The molecule has 2 aliphatic heterocycles. The summed E-state index contributed by atoms with van der Waals surface area (Å²) in [5.74, 6) is 0.598. The minimum atomic E-state index is -3.28. The van der Waals surface area contributed by atoms with E-state index in [-0.39, 0.29) is 17.7 Å². The molecule has 2 rings (SSSR count). The predicted molar refractivity (Wildman–Crippen MR) is 57.8 cm³/mol. The number of hydrogen-bond acceptors (Lipinski definition) is 5. The van der Waals surface area contributed by atoms with Crippen LogP contribution in [0.15, 0.2) is 11.6 Å². The van der Waals surface area contributed by atoms with E-state index in [0.717, 1.165) is 6.42 Å². The number of allylic oxidation sites excluding steroid dienone is 1. The van der Waals surface area contributed by atoms with Gasteiger partial charge < -0.3 is 18.5 Å². The molecule has 0 spiro atoms. The van der Waals surface area contributed by atoms with E-state index < -0.39 is 7.60 Å². The third-order valence-corrected chi connectivity index (χ3v) is 4.91. The van der Waals surface area contributed by atoms with Gasteiger partial charge in [0.15, 0.2) is 0 Å². The van der Waals surface area contributed by atoms with E-state index in [2.05, 4.69) is 6.92 Å². The Hall–Kier alpha value is -0.350. The minimum absolute atomic E-state index is 0.259. The summed E-state index contributed by atoms with van der Waals surface area (Å²) in [6, 6.07) is 0. The van der Waals surface area contributed by atoms with Gasteiger partial charge in [-0.2, -0.15) is 0 Å². The van der Waals surface area contributed by atoms with Gasteiger partial charge in [-0.25, -0.2) is 0 Å². The van der Waals surface area contributed by atoms with Crippen molar-refractivity contribution < 1.29 is 23.1 Å². The highest BCUT2D eigenvalue weighted by atomic mass is 31.2. The molecule has 0 aromatic rings. The molecule has 92 valence electrons. The Morgan fingerprint density at radius 1 is 1.44 bits per heavy atom. The maximum Gasteiger partial charge on any atom is 0.394 e. The second-order valence-corrected chi connectivity index (χ2v) is 6.20. The minimum Gasteiger partial charge on any atom is -0.456 e. The molecule has 0 saturated carbocycles. The third-order valence-electron chi connectivity index (χ3n) is 3.15. The molecule has 0 aromatic carbocycles. The molecule has 0 N–H and O–H groups in total. The van der Waals surface area contributed by atoms with E-state index in [9.17, 15) is 4.57 Å². The summed E-state index contributed by atoms with van der Waals surface area (Å²) < 4.78 is 33.0. The molecule has 2 aliphatic rings. The van der Waals surface area contributed by atoms with Gasteiger partial charge in [-0.05, 0) is 18.4 Å². The second kappa shape index (κ2) is 4.49. The first-order valence-corrected chi connectivity index (χ1v) is 6.87. The standard InChI is InChI=1S/C10H17O5P/c1-7-6-9(16(11,12-2)13-3)15-10-8(7)4-5-14-10/h6-8,10H,4-5H2,1-3H3/t7-,8+,10+/m1/s1. The monoisotopic (exact) mass is 248 g/mol. The maximum absolute atomic E-state index is 12.1. The summed E-state index contributed by atoms with van der Waals surface area (Å²) >= 11 is 0. The molecule has 5 nitrogen and oxygen atoms in total. The van der Waals surface area contributed by atoms with E-state index in [1.54, 1.807) is 0 Å². The quantitative estimate of drug-likeness (QED) is 0.717. The van der Waals surface area contributed by atoms with Crippen LogP contribution in [0, 0.1) is 11.8 Å². The average molecular weight is 248 g/mol. The van der Waals surface area contributed by atoms with Crippen LogP contribution in [0.3, 0.4) is 0 Å². The summed E-state index contributed by atoms with van der Waals surface area (Å²) in [5.41, 5.74) is 0.271. The Morgan fingerprint density at radius 2 is 2.12 bits per heavy atom.